The lowest BCUT2D eigenvalue weighted by atomic mass is 10.1. The van der Waals surface area contributed by atoms with E-state index in [1.165, 1.54) is 6.08 Å². The Labute approximate surface area is 136 Å². The SMILES string of the molecule is C=CCOC(=O)N1CCN(C(=O)C2CC(=O)N(C(C)C)C2)CC1. The van der Waals surface area contributed by atoms with Gasteiger partial charge < -0.3 is 19.4 Å². The lowest BCUT2D eigenvalue weighted by molar-refractivity contribution is -0.137. The summed E-state index contributed by atoms with van der Waals surface area (Å²) in [5.74, 6) is -0.199. The zero-order valence-electron chi connectivity index (χ0n) is 13.9. The highest BCUT2D eigenvalue weighted by Crippen LogP contribution is 2.22. The molecular weight excluding hydrogens is 298 g/mol. The molecule has 128 valence electrons. The van der Waals surface area contributed by atoms with Crippen LogP contribution in [0.4, 0.5) is 4.79 Å². The maximum Gasteiger partial charge on any atom is 0.410 e. The quantitative estimate of drug-likeness (QED) is 0.715. The van der Waals surface area contributed by atoms with E-state index in [1.807, 2.05) is 13.8 Å². The number of nitrogens with zero attached hydrogens (tertiary/aromatic N) is 3. The van der Waals surface area contributed by atoms with Crippen LogP contribution in [0, 0.1) is 5.92 Å². The molecule has 7 nitrogen and oxygen atoms in total. The molecule has 7 heteroatoms. The van der Waals surface area contributed by atoms with Gasteiger partial charge in [0, 0.05) is 45.2 Å². The molecule has 0 aliphatic carbocycles. The maximum atomic E-state index is 12.6. The largest absolute Gasteiger partial charge is 0.445 e. The first kappa shape index (κ1) is 17.3. The van der Waals surface area contributed by atoms with E-state index in [2.05, 4.69) is 6.58 Å². The fourth-order valence-corrected chi connectivity index (χ4v) is 2.99. The molecule has 1 unspecified atom stereocenters. The van der Waals surface area contributed by atoms with Gasteiger partial charge in [-0.1, -0.05) is 12.7 Å². The molecular formula is C16H25N3O4. The number of likely N-dealkylation sites (tertiary alicyclic amines) is 1. The van der Waals surface area contributed by atoms with Crippen LogP contribution in [0.3, 0.4) is 0 Å². The Kier molecular flexibility index (Phi) is 5.63. The third kappa shape index (κ3) is 4.03. The third-order valence-electron chi connectivity index (χ3n) is 4.31. The van der Waals surface area contributed by atoms with Gasteiger partial charge in [-0.15, -0.1) is 0 Å². The minimum Gasteiger partial charge on any atom is -0.445 e. The highest BCUT2D eigenvalue weighted by Gasteiger charge is 2.38. The number of hydrogen-bond donors (Lipinski definition) is 0. The molecule has 2 aliphatic rings. The van der Waals surface area contributed by atoms with E-state index in [-0.39, 0.29) is 36.5 Å². The van der Waals surface area contributed by atoms with E-state index < -0.39 is 0 Å². The lowest BCUT2D eigenvalue weighted by Gasteiger charge is -2.35. The second-order valence-corrected chi connectivity index (χ2v) is 6.22. The van der Waals surface area contributed by atoms with Crippen molar-refractivity contribution in [3.63, 3.8) is 0 Å². The van der Waals surface area contributed by atoms with E-state index in [4.69, 9.17) is 4.74 Å². The smallest absolute Gasteiger partial charge is 0.410 e. The molecule has 2 heterocycles. The number of carbonyl (C=O) groups is 3. The molecule has 0 N–H and O–H groups in total. The second kappa shape index (κ2) is 7.48. The van der Waals surface area contributed by atoms with Gasteiger partial charge in [0.15, 0.2) is 0 Å². The summed E-state index contributed by atoms with van der Waals surface area (Å²) >= 11 is 0. The summed E-state index contributed by atoms with van der Waals surface area (Å²) in [6, 6.07) is 0.122. The molecule has 2 aliphatic heterocycles. The first-order valence-electron chi connectivity index (χ1n) is 8.05. The Hall–Kier alpha value is -2.05. The standard InChI is InChI=1S/C16H25N3O4/c1-4-9-23-16(22)18-7-5-17(6-8-18)15(21)13-10-14(20)19(11-13)12(2)3/h4,12-13H,1,5-11H2,2-3H3. The highest BCUT2D eigenvalue weighted by atomic mass is 16.6. The van der Waals surface area contributed by atoms with Crippen molar-refractivity contribution >= 4 is 17.9 Å². The number of hydrogen-bond acceptors (Lipinski definition) is 4. The van der Waals surface area contributed by atoms with Gasteiger partial charge >= 0.3 is 6.09 Å². The van der Waals surface area contributed by atoms with Crippen molar-refractivity contribution in [1.29, 1.82) is 0 Å². The Morgan fingerprint density at radius 1 is 1.26 bits per heavy atom. The normalized spacial score (nSPS) is 21.8. The summed E-state index contributed by atoms with van der Waals surface area (Å²) in [5.41, 5.74) is 0. The lowest BCUT2D eigenvalue weighted by Crippen LogP contribution is -2.52. The van der Waals surface area contributed by atoms with Crippen LogP contribution >= 0.6 is 0 Å². The van der Waals surface area contributed by atoms with E-state index in [9.17, 15) is 14.4 Å². The first-order valence-corrected chi connectivity index (χ1v) is 8.05. The van der Waals surface area contributed by atoms with Crippen molar-refractivity contribution in [1.82, 2.24) is 14.7 Å². The van der Waals surface area contributed by atoms with Crippen molar-refractivity contribution < 1.29 is 19.1 Å². The van der Waals surface area contributed by atoms with Gasteiger partial charge in [-0.25, -0.2) is 4.79 Å². The van der Waals surface area contributed by atoms with Crippen LogP contribution in [0.5, 0.6) is 0 Å². The van der Waals surface area contributed by atoms with Gasteiger partial charge in [0.1, 0.15) is 6.61 Å². The summed E-state index contributed by atoms with van der Waals surface area (Å²) < 4.78 is 4.99. The van der Waals surface area contributed by atoms with Crippen molar-refractivity contribution in [2.45, 2.75) is 26.3 Å². The van der Waals surface area contributed by atoms with Crippen LogP contribution in [0.15, 0.2) is 12.7 Å². The number of carbonyl (C=O) groups excluding carboxylic acids is 3. The minimum atomic E-state index is -0.376. The fourth-order valence-electron chi connectivity index (χ4n) is 2.99. The Morgan fingerprint density at radius 2 is 1.87 bits per heavy atom. The van der Waals surface area contributed by atoms with Gasteiger partial charge in [0.2, 0.25) is 11.8 Å². The average molecular weight is 323 g/mol. The molecule has 3 amide bonds. The van der Waals surface area contributed by atoms with Crippen LogP contribution in [-0.2, 0) is 14.3 Å². The molecule has 0 bridgehead atoms. The molecule has 2 fully saturated rings. The second-order valence-electron chi connectivity index (χ2n) is 6.22. The van der Waals surface area contributed by atoms with E-state index in [1.54, 1.807) is 14.7 Å². The molecule has 0 spiro atoms. The Bertz CT molecular complexity index is 484. The van der Waals surface area contributed by atoms with Gasteiger partial charge in [0.05, 0.1) is 5.92 Å². The summed E-state index contributed by atoms with van der Waals surface area (Å²) in [6.07, 6.45) is 1.44. The molecule has 0 aromatic carbocycles. The predicted octanol–water partition coefficient (Wildman–Crippen LogP) is 0.710. The maximum absolute atomic E-state index is 12.6. The topological polar surface area (TPSA) is 70.2 Å². The van der Waals surface area contributed by atoms with E-state index in [0.717, 1.165) is 0 Å². The van der Waals surface area contributed by atoms with Crippen LogP contribution in [0.2, 0.25) is 0 Å². The number of amides is 3. The predicted molar refractivity (Wildman–Crippen MR) is 84.7 cm³/mol. The monoisotopic (exact) mass is 323 g/mol. The molecule has 0 aromatic heterocycles. The van der Waals surface area contributed by atoms with Gasteiger partial charge in [-0.05, 0) is 13.8 Å². The van der Waals surface area contributed by atoms with Crippen molar-refractivity contribution in [2.24, 2.45) is 5.92 Å². The Balaban J connectivity index is 1.83. The van der Waals surface area contributed by atoms with Crippen LogP contribution in [-0.4, -0.2) is 78.0 Å². The minimum absolute atomic E-state index is 0.0145. The molecule has 0 saturated carbocycles. The zero-order valence-corrected chi connectivity index (χ0v) is 13.9. The van der Waals surface area contributed by atoms with Crippen molar-refractivity contribution in [3.8, 4) is 0 Å². The molecule has 2 saturated heterocycles. The van der Waals surface area contributed by atoms with Crippen LogP contribution < -0.4 is 0 Å². The number of rotatable bonds is 4. The van der Waals surface area contributed by atoms with Gasteiger partial charge in [-0.3, -0.25) is 9.59 Å². The van der Waals surface area contributed by atoms with Crippen LogP contribution in [0.1, 0.15) is 20.3 Å². The highest BCUT2D eigenvalue weighted by molar-refractivity contribution is 5.89. The zero-order chi connectivity index (χ0) is 17.0. The van der Waals surface area contributed by atoms with Crippen LogP contribution in [0.25, 0.3) is 0 Å². The molecule has 2 rings (SSSR count). The van der Waals surface area contributed by atoms with Crippen molar-refractivity contribution in [2.75, 3.05) is 39.3 Å². The first-order chi connectivity index (χ1) is 10.9. The van der Waals surface area contributed by atoms with Gasteiger partial charge in [0.25, 0.3) is 0 Å². The summed E-state index contributed by atoms with van der Waals surface area (Å²) in [5, 5.41) is 0. The molecule has 23 heavy (non-hydrogen) atoms. The molecule has 0 aromatic rings. The van der Waals surface area contributed by atoms with E-state index >= 15 is 0 Å². The number of ether oxygens (including phenoxy) is 1. The molecule has 0 radical (unpaired) electrons. The molecule has 1 atom stereocenters. The van der Waals surface area contributed by atoms with Crippen molar-refractivity contribution in [3.05, 3.63) is 12.7 Å². The third-order valence-corrected chi connectivity index (χ3v) is 4.31. The summed E-state index contributed by atoms with van der Waals surface area (Å²) in [4.78, 5) is 41.3. The summed E-state index contributed by atoms with van der Waals surface area (Å²) in [6.45, 7) is 9.97. The van der Waals surface area contributed by atoms with Gasteiger partial charge in [-0.2, -0.15) is 0 Å². The Morgan fingerprint density at radius 3 is 2.39 bits per heavy atom. The summed E-state index contributed by atoms with van der Waals surface area (Å²) in [7, 11) is 0. The van der Waals surface area contributed by atoms with E-state index in [0.29, 0.717) is 39.1 Å². The number of piperazine rings is 1. The fraction of sp³-hybridized carbons (Fsp3) is 0.688. The average Bonchev–Trinajstić information content (AvgIpc) is 2.94.